The van der Waals surface area contributed by atoms with Gasteiger partial charge in [0.05, 0.1) is 4.90 Å². The first-order valence-electron chi connectivity index (χ1n) is 10.6. The van der Waals surface area contributed by atoms with Crippen LogP contribution in [0.4, 0.5) is 10.5 Å². The summed E-state index contributed by atoms with van der Waals surface area (Å²) in [6.07, 6.45) is 4.85. The maximum Gasteiger partial charge on any atom is 0.322 e. The van der Waals surface area contributed by atoms with Gasteiger partial charge in [-0.05, 0) is 55.0 Å². The van der Waals surface area contributed by atoms with E-state index in [1.165, 1.54) is 11.8 Å². The van der Waals surface area contributed by atoms with E-state index < -0.39 is 9.84 Å². The summed E-state index contributed by atoms with van der Waals surface area (Å²) < 4.78 is 23.5. The van der Waals surface area contributed by atoms with Crippen LogP contribution in [0.3, 0.4) is 0 Å². The van der Waals surface area contributed by atoms with Gasteiger partial charge in [-0.25, -0.2) is 13.2 Å². The molecule has 2 amide bonds. The van der Waals surface area contributed by atoms with Crippen LogP contribution in [-0.4, -0.2) is 57.8 Å². The predicted molar refractivity (Wildman–Crippen MR) is 119 cm³/mol. The van der Waals surface area contributed by atoms with Crippen LogP contribution in [0.2, 0.25) is 0 Å². The lowest BCUT2D eigenvalue weighted by Gasteiger charge is -2.33. The first-order chi connectivity index (χ1) is 14.4. The lowest BCUT2D eigenvalue weighted by Crippen LogP contribution is -2.49. The molecule has 0 aliphatic carbocycles. The quantitative estimate of drug-likeness (QED) is 0.797. The van der Waals surface area contributed by atoms with Gasteiger partial charge in [-0.2, -0.15) is 0 Å². The molecule has 160 valence electrons. The van der Waals surface area contributed by atoms with Gasteiger partial charge in [-0.3, -0.25) is 4.90 Å². The minimum absolute atomic E-state index is 0.0800. The number of benzene rings is 2. The van der Waals surface area contributed by atoms with E-state index in [9.17, 15) is 13.2 Å². The number of carbonyl (C=O) groups excluding carboxylic acids is 1. The summed E-state index contributed by atoms with van der Waals surface area (Å²) in [4.78, 5) is 17.3. The van der Waals surface area contributed by atoms with Crippen LogP contribution in [0.1, 0.15) is 24.0 Å². The van der Waals surface area contributed by atoms with E-state index in [0.29, 0.717) is 17.9 Å². The third kappa shape index (κ3) is 4.84. The molecule has 6 nitrogen and oxygen atoms in total. The average molecular weight is 428 g/mol. The minimum Gasteiger partial charge on any atom is -0.335 e. The van der Waals surface area contributed by atoms with Crippen molar-refractivity contribution in [3.05, 3.63) is 59.7 Å². The van der Waals surface area contributed by atoms with Gasteiger partial charge in [0.1, 0.15) is 0 Å². The number of nitrogens with one attached hydrogen (secondary N) is 1. The summed E-state index contributed by atoms with van der Waals surface area (Å²) in [5.41, 5.74) is 3.10. The molecule has 7 heteroatoms. The van der Waals surface area contributed by atoms with Crippen LogP contribution in [0.25, 0.3) is 0 Å². The Hall–Kier alpha value is -2.38. The molecule has 0 radical (unpaired) electrons. The Morgan fingerprint density at radius 3 is 2.50 bits per heavy atom. The molecular weight excluding hydrogens is 398 g/mol. The number of hydrogen-bond acceptors (Lipinski definition) is 4. The Morgan fingerprint density at radius 2 is 1.80 bits per heavy atom. The van der Waals surface area contributed by atoms with E-state index in [2.05, 4.69) is 34.5 Å². The average Bonchev–Trinajstić information content (AvgIpc) is 3.17. The minimum atomic E-state index is -3.24. The van der Waals surface area contributed by atoms with Gasteiger partial charge >= 0.3 is 6.03 Å². The molecule has 0 saturated carbocycles. The number of likely N-dealkylation sites (tertiary alicyclic amines) is 1. The fraction of sp³-hybridized carbons (Fsp3) is 0.435. The highest BCUT2D eigenvalue weighted by atomic mass is 32.2. The van der Waals surface area contributed by atoms with Crippen molar-refractivity contribution in [3.8, 4) is 0 Å². The Kier molecular flexibility index (Phi) is 6.11. The second kappa shape index (κ2) is 8.78. The Balaban J connectivity index is 1.28. The highest BCUT2D eigenvalue weighted by molar-refractivity contribution is 7.90. The van der Waals surface area contributed by atoms with Gasteiger partial charge in [0.15, 0.2) is 9.84 Å². The molecule has 2 heterocycles. The van der Waals surface area contributed by atoms with Gasteiger partial charge in [-0.1, -0.05) is 30.3 Å². The van der Waals surface area contributed by atoms with E-state index >= 15 is 0 Å². The zero-order valence-electron chi connectivity index (χ0n) is 17.4. The molecule has 0 spiro atoms. The number of hydrogen-bond donors (Lipinski definition) is 1. The molecule has 1 N–H and O–H groups in total. The van der Waals surface area contributed by atoms with E-state index in [1.807, 2.05) is 6.07 Å². The second-order valence-electron chi connectivity index (χ2n) is 8.27. The molecule has 30 heavy (non-hydrogen) atoms. The third-order valence-electron chi connectivity index (χ3n) is 6.09. The van der Waals surface area contributed by atoms with Crippen molar-refractivity contribution in [1.82, 2.24) is 10.2 Å². The lowest BCUT2D eigenvalue weighted by molar-refractivity contribution is 0.196. The number of anilines is 1. The first kappa shape index (κ1) is 20.9. The second-order valence-corrected chi connectivity index (χ2v) is 10.3. The maximum atomic E-state index is 12.8. The van der Waals surface area contributed by atoms with Crippen molar-refractivity contribution in [2.75, 3.05) is 37.3 Å². The summed E-state index contributed by atoms with van der Waals surface area (Å²) in [6, 6.07) is 15.7. The van der Waals surface area contributed by atoms with Crippen LogP contribution >= 0.6 is 0 Å². The van der Waals surface area contributed by atoms with Crippen LogP contribution in [0, 0.1) is 0 Å². The summed E-state index contributed by atoms with van der Waals surface area (Å²) in [5, 5.41) is 3.18. The van der Waals surface area contributed by atoms with E-state index in [0.717, 1.165) is 50.1 Å². The van der Waals surface area contributed by atoms with E-state index in [-0.39, 0.29) is 12.1 Å². The molecule has 1 saturated heterocycles. The summed E-state index contributed by atoms with van der Waals surface area (Å²) in [5.74, 6) is 0. The highest BCUT2D eigenvalue weighted by Crippen LogP contribution is 2.30. The number of piperidine rings is 1. The van der Waals surface area contributed by atoms with Crippen LogP contribution in [0.15, 0.2) is 53.4 Å². The highest BCUT2D eigenvalue weighted by Gasteiger charge is 2.28. The Morgan fingerprint density at radius 1 is 1.07 bits per heavy atom. The van der Waals surface area contributed by atoms with Gasteiger partial charge in [-0.15, -0.1) is 0 Å². The number of fused-ring (bicyclic) bond motifs is 1. The zero-order chi connectivity index (χ0) is 21.1. The summed E-state index contributed by atoms with van der Waals surface area (Å²) in [7, 11) is -3.24. The van der Waals surface area contributed by atoms with Crippen LogP contribution in [0.5, 0.6) is 0 Å². The number of carbonyl (C=O) groups is 1. The Bertz CT molecular complexity index is 1000. The Labute approximate surface area is 178 Å². The SMILES string of the molecule is CS(=O)(=O)c1ccc2c(c1)CCN2C(=O)NC1CCN(CCc2ccccc2)CC1. The normalized spacial score (nSPS) is 17.7. The van der Waals surface area contributed by atoms with Gasteiger partial charge in [0, 0.05) is 44.2 Å². The number of sulfone groups is 1. The van der Waals surface area contributed by atoms with Crippen molar-refractivity contribution >= 4 is 21.6 Å². The number of amides is 2. The van der Waals surface area contributed by atoms with Crippen molar-refractivity contribution in [2.24, 2.45) is 0 Å². The third-order valence-corrected chi connectivity index (χ3v) is 7.20. The number of urea groups is 1. The number of nitrogens with zero attached hydrogens (tertiary/aromatic N) is 2. The maximum absolute atomic E-state index is 12.8. The molecule has 0 unspecified atom stereocenters. The van der Waals surface area contributed by atoms with Crippen molar-refractivity contribution in [3.63, 3.8) is 0 Å². The van der Waals surface area contributed by atoms with Gasteiger partial charge in [0.25, 0.3) is 0 Å². The molecule has 2 aliphatic heterocycles. The van der Waals surface area contributed by atoms with E-state index in [1.54, 1.807) is 23.1 Å². The van der Waals surface area contributed by atoms with E-state index in [4.69, 9.17) is 0 Å². The number of rotatable bonds is 5. The molecule has 0 aromatic heterocycles. The van der Waals surface area contributed by atoms with Crippen LogP contribution < -0.4 is 10.2 Å². The van der Waals surface area contributed by atoms with Crippen molar-refractivity contribution < 1.29 is 13.2 Å². The monoisotopic (exact) mass is 427 g/mol. The fourth-order valence-electron chi connectivity index (χ4n) is 4.31. The molecule has 1 fully saturated rings. The van der Waals surface area contributed by atoms with Crippen LogP contribution in [-0.2, 0) is 22.7 Å². The van der Waals surface area contributed by atoms with Gasteiger partial charge in [0.2, 0.25) is 0 Å². The first-order valence-corrected chi connectivity index (χ1v) is 12.5. The van der Waals surface area contributed by atoms with Crippen molar-refractivity contribution in [1.29, 1.82) is 0 Å². The lowest BCUT2D eigenvalue weighted by atomic mass is 10.0. The zero-order valence-corrected chi connectivity index (χ0v) is 18.2. The molecule has 0 atom stereocenters. The van der Waals surface area contributed by atoms with Crippen molar-refractivity contribution in [2.45, 2.75) is 36.6 Å². The molecule has 2 aromatic rings. The predicted octanol–water partition coefficient (Wildman–Crippen LogP) is 2.87. The fourth-order valence-corrected chi connectivity index (χ4v) is 4.98. The summed E-state index contributed by atoms with van der Waals surface area (Å²) in [6.45, 7) is 3.62. The largest absolute Gasteiger partial charge is 0.335 e. The topological polar surface area (TPSA) is 69.7 Å². The molecule has 4 rings (SSSR count). The smallest absolute Gasteiger partial charge is 0.322 e. The summed E-state index contributed by atoms with van der Waals surface area (Å²) >= 11 is 0. The molecule has 0 bridgehead atoms. The van der Waals surface area contributed by atoms with Gasteiger partial charge < -0.3 is 10.2 Å². The molecule has 2 aliphatic rings. The standard InChI is InChI=1S/C23H29N3O3S/c1-30(28,29)21-7-8-22-19(17-21)10-16-26(22)23(27)24-20-11-14-25(15-12-20)13-9-18-5-3-2-4-6-18/h2-8,17,20H,9-16H2,1H3,(H,24,27). The molecule has 2 aromatic carbocycles. The molecular formula is C23H29N3O3S.